The molecule has 1 rings (SSSR count). The van der Waals surface area contributed by atoms with Crippen LogP contribution in [-0.4, -0.2) is 43.8 Å². The maximum atomic E-state index is 10.7. The zero-order valence-electron chi connectivity index (χ0n) is 9.63. The number of quaternary nitrogens is 1. The second-order valence-corrected chi connectivity index (χ2v) is 6.16. The summed E-state index contributed by atoms with van der Waals surface area (Å²) in [6, 6.07) is 9.87. The third-order valence-corrected chi connectivity index (χ3v) is 3.11. The first kappa shape index (κ1) is 13.2. The average Bonchev–Trinajstić information content (AvgIpc) is 2.15. The minimum absolute atomic E-state index is 0.202. The fourth-order valence-corrected chi connectivity index (χ4v) is 2.24. The van der Waals surface area contributed by atoms with Crippen LogP contribution in [0.2, 0.25) is 0 Å². The van der Waals surface area contributed by atoms with Gasteiger partial charge in [-0.05, 0) is 0 Å². The first-order chi connectivity index (χ1) is 7.29. The molecule has 4 nitrogen and oxygen atoms in total. The Balaban J connectivity index is 2.59. The fourth-order valence-electron chi connectivity index (χ4n) is 1.52. The Morgan fingerprint density at radius 2 is 1.75 bits per heavy atom. The lowest BCUT2D eigenvalue weighted by molar-refractivity contribution is -0.901. The summed E-state index contributed by atoms with van der Waals surface area (Å²) < 4.78 is 30.6. The molecule has 0 aliphatic carbocycles. The summed E-state index contributed by atoms with van der Waals surface area (Å²) in [4.78, 5) is 0. The van der Waals surface area contributed by atoms with Crippen LogP contribution < -0.4 is 0 Å². The smallest absolute Gasteiger partial charge is 0.270 e. The summed E-state index contributed by atoms with van der Waals surface area (Å²) in [6.45, 7) is 1.14. The molecule has 1 N–H and O–H groups in total. The molecule has 0 unspecified atom stereocenters. The summed E-state index contributed by atoms with van der Waals surface area (Å²) in [5.41, 5.74) is 1.16. The third-order valence-electron chi connectivity index (χ3n) is 2.41. The lowest BCUT2D eigenvalue weighted by Gasteiger charge is -2.29. The van der Waals surface area contributed by atoms with Crippen molar-refractivity contribution in [3.63, 3.8) is 0 Å². The molecule has 0 aliphatic heterocycles. The van der Waals surface area contributed by atoms with Crippen molar-refractivity contribution < 1.29 is 17.5 Å². The lowest BCUT2D eigenvalue weighted by atomic mass is 10.2. The predicted molar refractivity (Wildman–Crippen MR) is 63.5 cm³/mol. The molecule has 0 aliphatic rings. The molecule has 90 valence electrons. The van der Waals surface area contributed by atoms with Gasteiger partial charge in [-0.3, -0.25) is 4.55 Å². The van der Waals surface area contributed by atoms with E-state index in [1.165, 1.54) is 0 Å². The molecule has 0 bridgehead atoms. The topological polar surface area (TPSA) is 54.4 Å². The third kappa shape index (κ3) is 5.25. The highest BCUT2D eigenvalue weighted by atomic mass is 32.2. The van der Waals surface area contributed by atoms with Gasteiger partial charge in [-0.1, -0.05) is 30.3 Å². The van der Waals surface area contributed by atoms with Gasteiger partial charge in [0, 0.05) is 5.56 Å². The molecule has 0 spiro atoms. The molecule has 16 heavy (non-hydrogen) atoms. The molecule has 0 saturated carbocycles. The van der Waals surface area contributed by atoms with Crippen LogP contribution in [0.25, 0.3) is 0 Å². The molecule has 1 aromatic rings. The van der Waals surface area contributed by atoms with Gasteiger partial charge in [0.15, 0.2) is 0 Å². The van der Waals surface area contributed by atoms with Gasteiger partial charge in [-0.15, -0.1) is 0 Å². The van der Waals surface area contributed by atoms with Gasteiger partial charge in [-0.2, -0.15) is 8.42 Å². The molecular weight excluding hydrogens is 226 g/mol. The van der Waals surface area contributed by atoms with Gasteiger partial charge in [0.1, 0.15) is 12.3 Å². The Hall–Kier alpha value is -0.910. The van der Waals surface area contributed by atoms with E-state index in [2.05, 4.69) is 0 Å². The van der Waals surface area contributed by atoms with E-state index in [9.17, 15) is 8.42 Å². The predicted octanol–water partition coefficient (Wildman–Crippen LogP) is 1.15. The minimum Gasteiger partial charge on any atom is -0.324 e. The summed E-state index contributed by atoms with van der Waals surface area (Å²) >= 11 is 0. The van der Waals surface area contributed by atoms with E-state index in [0.29, 0.717) is 11.0 Å². The molecule has 0 fully saturated rings. The number of hydrogen-bond acceptors (Lipinski definition) is 2. The number of benzene rings is 1. The van der Waals surface area contributed by atoms with Crippen LogP contribution in [0.4, 0.5) is 0 Å². The lowest BCUT2D eigenvalue weighted by Crippen LogP contribution is -2.42. The monoisotopic (exact) mass is 244 g/mol. The second-order valence-electron chi connectivity index (χ2n) is 4.59. The maximum Gasteiger partial charge on any atom is 0.270 e. The zero-order chi connectivity index (χ0) is 12.2. The Bertz CT molecular complexity index is 426. The van der Waals surface area contributed by atoms with Crippen LogP contribution in [0.15, 0.2) is 30.3 Å². The zero-order valence-corrected chi connectivity index (χ0v) is 10.4. The first-order valence-corrected chi connectivity index (χ1v) is 6.70. The van der Waals surface area contributed by atoms with Crippen LogP contribution in [0, 0.1) is 0 Å². The van der Waals surface area contributed by atoms with E-state index >= 15 is 0 Å². The average molecular weight is 244 g/mol. The quantitative estimate of drug-likeness (QED) is 0.624. The van der Waals surface area contributed by atoms with Crippen molar-refractivity contribution in [1.82, 2.24) is 0 Å². The van der Waals surface area contributed by atoms with Crippen molar-refractivity contribution in [2.24, 2.45) is 0 Å². The van der Waals surface area contributed by atoms with Gasteiger partial charge in [-0.25, -0.2) is 0 Å². The molecule has 0 saturated heterocycles. The van der Waals surface area contributed by atoms with Gasteiger partial charge >= 0.3 is 0 Å². The minimum atomic E-state index is -3.87. The van der Waals surface area contributed by atoms with Gasteiger partial charge in [0.2, 0.25) is 0 Å². The number of rotatable bonds is 5. The first-order valence-electron chi connectivity index (χ1n) is 5.10. The molecule has 0 aromatic heterocycles. The highest BCUT2D eigenvalue weighted by Gasteiger charge is 2.19. The fraction of sp³-hybridized carbons (Fsp3) is 0.455. The second kappa shape index (κ2) is 4.95. The molecule has 1 aromatic carbocycles. The van der Waals surface area contributed by atoms with Crippen LogP contribution in [0.5, 0.6) is 0 Å². The van der Waals surface area contributed by atoms with Crippen molar-refractivity contribution in [2.75, 3.05) is 26.4 Å². The van der Waals surface area contributed by atoms with E-state index in [1.54, 1.807) is 0 Å². The van der Waals surface area contributed by atoms with Crippen LogP contribution in [0.3, 0.4) is 0 Å². The summed E-state index contributed by atoms with van der Waals surface area (Å²) in [5.74, 6) is -0.202. The summed E-state index contributed by atoms with van der Waals surface area (Å²) in [6.07, 6.45) is 0. The van der Waals surface area contributed by atoms with E-state index in [4.69, 9.17) is 4.55 Å². The van der Waals surface area contributed by atoms with Crippen molar-refractivity contribution in [2.45, 2.75) is 6.54 Å². The van der Waals surface area contributed by atoms with E-state index < -0.39 is 10.1 Å². The van der Waals surface area contributed by atoms with Crippen molar-refractivity contribution in [3.8, 4) is 0 Å². The van der Waals surface area contributed by atoms with Crippen LogP contribution >= 0.6 is 0 Å². The van der Waals surface area contributed by atoms with Crippen molar-refractivity contribution >= 4 is 10.1 Å². The normalized spacial score (nSPS) is 12.7. The largest absolute Gasteiger partial charge is 0.324 e. The molecular formula is C11H18NO3S+. The Morgan fingerprint density at radius 1 is 1.19 bits per heavy atom. The van der Waals surface area contributed by atoms with Gasteiger partial charge in [0.25, 0.3) is 10.1 Å². The van der Waals surface area contributed by atoms with Gasteiger partial charge < -0.3 is 4.48 Å². The highest BCUT2D eigenvalue weighted by Crippen LogP contribution is 2.08. The van der Waals surface area contributed by atoms with E-state index in [0.717, 1.165) is 12.1 Å². The van der Waals surface area contributed by atoms with Crippen molar-refractivity contribution in [1.29, 1.82) is 0 Å². The summed E-state index contributed by atoms with van der Waals surface area (Å²) in [5, 5.41) is 0. The summed E-state index contributed by atoms with van der Waals surface area (Å²) in [7, 11) is 0.0201. The number of hydrogen-bond donors (Lipinski definition) is 1. The molecule has 5 heteroatoms. The Morgan fingerprint density at radius 3 is 2.25 bits per heavy atom. The Labute approximate surface area is 96.9 Å². The van der Waals surface area contributed by atoms with Crippen LogP contribution in [0.1, 0.15) is 5.56 Å². The molecule has 0 heterocycles. The van der Waals surface area contributed by atoms with Gasteiger partial charge in [0.05, 0.1) is 20.6 Å². The highest BCUT2D eigenvalue weighted by molar-refractivity contribution is 7.85. The number of nitrogens with zero attached hydrogens (tertiary/aromatic N) is 1. The SMILES string of the molecule is C[N+](C)(CCS(=O)(=O)O)Cc1ccccc1. The van der Waals surface area contributed by atoms with E-state index in [1.807, 2.05) is 44.4 Å². The molecule has 0 atom stereocenters. The standard InChI is InChI=1S/C11H17NO3S/c1-12(2,8-9-16(13,14)15)10-11-6-4-3-5-7-11/h3-7H,8-10H2,1-2H3/p+1. The van der Waals surface area contributed by atoms with E-state index in [-0.39, 0.29) is 5.75 Å². The van der Waals surface area contributed by atoms with Crippen LogP contribution in [-0.2, 0) is 16.7 Å². The molecule has 0 amide bonds. The van der Waals surface area contributed by atoms with Crippen molar-refractivity contribution in [3.05, 3.63) is 35.9 Å². The maximum absolute atomic E-state index is 10.7. The molecule has 0 radical (unpaired) electrons. The Kier molecular flexibility index (Phi) is 4.07.